The van der Waals surface area contributed by atoms with Crippen molar-refractivity contribution in [2.24, 2.45) is 0 Å². The topological polar surface area (TPSA) is 51.2 Å². The monoisotopic (exact) mass is 324 g/mol. The Bertz CT molecular complexity index is 619. The highest BCUT2D eigenvalue weighted by atomic mass is 79.9. The second-order valence-corrected chi connectivity index (χ2v) is 4.51. The number of halogens is 2. The van der Waals surface area contributed by atoms with Gasteiger partial charge in [0.25, 0.3) is 5.91 Å². The van der Waals surface area contributed by atoms with E-state index in [9.17, 15) is 9.18 Å². The van der Waals surface area contributed by atoms with Crippen molar-refractivity contribution in [1.29, 1.82) is 0 Å². The molecule has 0 fully saturated rings. The van der Waals surface area contributed by atoms with Crippen LogP contribution in [0.5, 0.6) is 5.75 Å². The standard InChI is InChI=1S/C13H10BrFN2O2/c1-19-12-6-8(2-3-10(12)15)13(18)17-11-4-5-16-7-9(11)14/h2-7H,1H3,(H,16,17,18). The van der Waals surface area contributed by atoms with Crippen molar-refractivity contribution >= 4 is 27.5 Å². The summed E-state index contributed by atoms with van der Waals surface area (Å²) in [5.41, 5.74) is 0.894. The summed E-state index contributed by atoms with van der Waals surface area (Å²) < 4.78 is 18.8. The number of nitrogens with zero attached hydrogens (tertiary/aromatic N) is 1. The molecule has 1 aromatic carbocycles. The van der Waals surface area contributed by atoms with Gasteiger partial charge in [0.15, 0.2) is 11.6 Å². The number of hydrogen-bond acceptors (Lipinski definition) is 3. The van der Waals surface area contributed by atoms with Gasteiger partial charge in [0.2, 0.25) is 0 Å². The molecule has 1 aromatic heterocycles. The minimum absolute atomic E-state index is 0.0291. The number of aromatic nitrogens is 1. The zero-order valence-corrected chi connectivity index (χ0v) is 11.6. The van der Waals surface area contributed by atoms with E-state index in [1.165, 1.54) is 25.3 Å². The third kappa shape index (κ3) is 3.08. The summed E-state index contributed by atoms with van der Waals surface area (Å²) in [6, 6.07) is 5.58. The first-order valence-electron chi connectivity index (χ1n) is 5.36. The Hall–Kier alpha value is -1.95. The fraction of sp³-hybridized carbons (Fsp3) is 0.0769. The van der Waals surface area contributed by atoms with Gasteiger partial charge < -0.3 is 10.1 Å². The van der Waals surface area contributed by atoms with Crippen LogP contribution < -0.4 is 10.1 Å². The molecule has 19 heavy (non-hydrogen) atoms. The Morgan fingerprint density at radius 1 is 1.42 bits per heavy atom. The van der Waals surface area contributed by atoms with E-state index in [-0.39, 0.29) is 11.7 Å². The molecule has 1 heterocycles. The highest BCUT2D eigenvalue weighted by molar-refractivity contribution is 9.10. The first-order valence-corrected chi connectivity index (χ1v) is 6.15. The second-order valence-electron chi connectivity index (χ2n) is 3.66. The van der Waals surface area contributed by atoms with Crippen LogP contribution >= 0.6 is 15.9 Å². The molecule has 4 nitrogen and oxygen atoms in total. The maximum atomic E-state index is 13.3. The lowest BCUT2D eigenvalue weighted by Gasteiger charge is -2.08. The van der Waals surface area contributed by atoms with Crippen LogP contribution in [0, 0.1) is 5.82 Å². The summed E-state index contributed by atoms with van der Waals surface area (Å²) in [5.74, 6) is -0.837. The number of pyridine rings is 1. The summed E-state index contributed by atoms with van der Waals surface area (Å²) in [6.45, 7) is 0. The summed E-state index contributed by atoms with van der Waals surface area (Å²) in [7, 11) is 1.35. The van der Waals surface area contributed by atoms with Gasteiger partial charge >= 0.3 is 0 Å². The number of rotatable bonds is 3. The molecule has 0 aliphatic carbocycles. The number of nitrogens with one attached hydrogen (secondary N) is 1. The molecule has 0 unspecified atom stereocenters. The zero-order valence-electron chi connectivity index (χ0n) is 9.98. The van der Waals surface area contributed by atoms with Gasteiger partial charge in [-0.15, -0.1) is 0 Å². The summed E-state index contributed by atoms with van der Waals surface area (Å²) in [6.07, 6.45) is 3.13. The Labute approximate surface area is 117 Å². The zero-order chi connectivity index (χ0) is 13.8. The Kier molecular flexibility index (Phi) is 4.11. The van der Waals surface area contributed by atoms with Crippen LogP contribution in [0.3, 0.4) is 0 Å². The number of hydrogen-bond donors (Lipinski definition) is 1. The lowest BCUT2D eigenvalue weighted by Crippen LogP contribution is -2.12. The van der Waals surface area contributed by atoms with E-state index in [4.69, 9.17) is 4.74 Å². The van der Waals surface area contributed by atoms with E-state index in [1.807, 2.05) is 0 Å². The highest BCUT2D eigenvalue weighted by Crippen LogP contribution is 2.22. The predicted octanol–water partition coefficient (Wildman–Crippen LogP) is 3.24. The van der Waals surface area contributed by atoms with Gasteiger partial charge in [-0.2, -0.15) is 0 Å². The van der Waals surface area contributed by atoms with Crippen LogP contribution in [0.2, 0.25) is 0 Å². The van der Waals surface area contributed by atoms with Crippen molar-refractivity contribution in [2.45, 2.75) is 0 Å². The molecule has 0 saturated carbocycles. The van der Waals surface area contributed by atoms with Crippen molar-refractivity contribution in [3.8, 4) is 5.75 Å². The van der Waals surface area contributed by atoms with Crippen molar-refractivity contribution < 1.29 is 13.9 Å². The summed E-state index contributed by atoms with van der Waals surface area (Å²) >= 11 is 3.28. The highest BCUT2D eigenvalue weighted by Gasteiger charge is 2.11. The fourth-order valence-electron chi connectivity index (χ4n) is 1.47. The third-order valence-corrected chi connectivity index (χ3v) is 3.07. The number of ether oxygens (including phenoxy) is 1. The van der Waals surface area contributed by atoms with E-state index in [0.717, 1.165) is 0 Å². The van der Waals surface area contributed by atoms with Gasteiger partial charge in [-0.25, -0.2) is 4.39 Å². The Morgan fingerprint density at radius 3 is 2.89 bits per heavy atom. The summed E-state index contributed by atoms with van der Waals surface area (Å²) in [5, 5.41) is 2.69. The first-order chi connectivity index (χ1) is 9.11. The fourth-order valence-corrected chi connectivity index (χ4v) is 1.82. The molecule has 1 N–H and O–H groups in total. The molecule has 0 bridgehead atoms. The molecule has 2 aromatic rings. The van der Waals surface area contributed by atoms with Crippen LogP contribution in [-0.4, -0.2) is 18.0 Å². The maximum Gasteiger partial charge on any atom is 0.255 e. The lowest BCUT2D eigenvalue weighted by atomic mass is 10.2. The minimum Gasteiger partial charge on any atom is -0.494 e. The van der Waals surface area contributed by atoms with Gasteiger partial charge in [0.05, 0.1) is 17.3 Å². The second kappa shape index (κ2) is 5.79. The molecule has 0 spiro atoms. The van der Waals surface area contributed by atoms with Crippen LogP contribution in [0.1, 0.15) is 10.4 Å². The van der Waals surface area contributed by atoms with Gasteiger partial charge in [-0.1, -0.05) is 0 Å². The Morgan fingerprint density at radius 2 is 2.21 bits per heavy atom. The molecule has 0 aliphatic heterocycles. The Balaban J connectivity index is 2.23. The number of methoxy groups -OCH3 is 1. The average molecular weight is 325 g/mol. The molecular weight excluding hydrogens is 315 g/mol. The largest absolute Gasteiger partial charge is 0.494 e. The third-order valence-electron chi connectivity index (χ3n) is 2.43. The van der Waals surface area contributed by atoms with E-state index in [0.29, 0.717) is 15.7 Å². The number of carbonyl (C=O) groups is 1. The van der Waals surface area contributed by atoms with Crippen molar-refractivity contribution in [3.63, 3.8) is 0 Å². The van der Waals surface area contributed by atoms with Gasteiger partial charge in [0, 0.05) is 18.0 Å². The SMILES string of the molecule is COc1cc(C(=O)Nc2ccncc2Br)ccc1F. The van der Waals surface area contributed by atoms with Gasteiger partial charge in [-0.05, 0) is 40.2 Å². The van der Waals surface area contributed by atoms with E-state index in [2.05, 4.69) is 26.2 Å². The molecular formula is C13H10BrFN2O2. The van der Waals surface area contributed by atoms with Crippen molar-refractivity contribution in [2.75, 3.05) is 12.4 Å². The van der Waals surface area contributed by atoms with Crippen molar-refractivity contribution in [1.82, 2.24) is 4.98 Å². The normalized spacial score (nSPS) is 10.1. The van der Waals surface area contributed by atoms with Crippen LogP contribution in [-0.2, 0) is 0 Å². The van der Waals surface area contributed by atoms with E-state index >= 15 is 0 Å². The molecule has 6 heteroatoms. The predicted molar refractivity (Wildman–Crippen MR) is 72.8 cm³/mol. The molecule has 2 rings (SSSR count). The number of benzene rings is 1. The number of amides is 1. The smallest absolute Gasteiger partial charge is 0.255 e. The number of carbonyl (C=O) groups excluding carboxylic acids is 1. The van der Waals surface area contributed by atoms with Crippen LogP contribution in [0.4, 0.5) is 10.1 Å². The molecule has 0 atom stereocenters. The first kappa shape index (κ1) is 13.5. The van der Waals surface area contributed by atoms with Gasteiger partial charge in [0.1, 0.15) is 0 Å². The van der Waals surface area contributed by atoms with E-state index in [1.54, 1.807) is 18.5 Å². The molecule has 0 aliphatic rings. The van der Waals surface area contributed by atoms with E-state index < -0.39 is 5.82 Å². The summed E-state index contributed by atoms with van der Waals surface area (Å²) in [4.78, 5) is 15.9. The number of anilines is 1. The molecule has 98 valence electrons. The average Bonchev–Trinajstić information content (AvgIpc) is 2.42. The van der Waals surface area contributed by atoms with Crippen LogP contribution in [0.15, 0.2) is 41.1 Å². The maximum absolute atomic E-state index is 13.3. The lowest BCUT2D eigenvalue weighted by molar-refractivity contribution is 0.102. The quantitative estimate of drug-likeness (QED) is 0.942. The molecule has 0 saturated heterocycles. The van der Waals surface area contributed by atoms with Crippen molar-refractivity contribution in [3.05, 3.63) is 52.5 Å². The van der Waals surface area contributed by atoms with Crippen LogP contribution in [0.25, 0.3) is 0 Å². The molecule has 0 radical (unpaired) electrons. The van der Waals surface area contributed by atoms with Gasteiger partial charge in [-0.3, -0.25) is 9.78 Å². The molecule has 1 amide bonds. The minimum atomic E-state index is -0.510.